The summed E-state index contributed by atoms with van der Waals surface area (Å²) in [6.45, 7) is 8.70. The van der Waals surface area contributed by atoms with E-state index in [2.05, 4.69) is 109 Å². The van der Waals surface area contributed by atoms with Crippen LogP contribution in [0.1, 0.15) is 49.9 Å². The van der Waals surface area contributed by atoms with E-state index in [1.54, 1.807) is 13.8 Å². The molecule has 0 heterocycles. The molecule has 0 saturated heterocycles. The van der Waals surface area contributed by atoms with Crippen molar-refractivity contribution in [1.82, 2.24) is 0 Å². The largest absolute Gasteiger partial charge is 0.491 e. The maximum atomic E-state index is 9.54. The SMILES string of the molecule is CC(O)COC(C)COc1ccc2cc(C3(c4ccc5cc(OCC(C)OCC(C)O)ccc5c4)c4ccccc4-c4ccccc43)ccc2c1. The van der Waals surface area contributed by atoms with Crippen molar-refractivity contribution >= 4 is 21.5 Å². The van der Waals surface area contributed by atoms with E-state index >= 15 is 0 Å². The van der Waals surface area contributed by atoms with Gasteiger partial charge in [-0.05, 0) is 119 Å². The maximum Gasteiger partial charge on any atom is 0.120 e. The molecule has 0 amide bonds. The molecule has 6 aromatic rings. The predicted octanol–water partition coefficient (Wildman–Crippen LogP) is 8.69. The highest BCUT2D eigenvalue weighted by molar-refractivity contribution is 5.92. The normalized spacial score (nSPS) is 15.6. The van der Waals surface area contributed by atoms with Crippen LogP contribution in [0.15, 0.2) is 121 Å². The molecule has 7 rings (SSSR count). The third-order valence-corrected chi connectivity index (χ3v) is 9.66. The van der Waals surface area contributed by atoms with Gasteiger partial charge in [-0.15, -0.1) is 0 Å². The second-order valence-corrected chi connectivity index (χ2v) is 13.9. The molecule has 2 N–H and O–H groups in total. The first-order valence-corrected chi connectivity index (χ1v) is 17.8. The lowest BCUT2D eigenvalue weighted by Gasteiger charge is -2.34. The van der Waals surface area contributed by atoms with Gasteiger partial charge < -0.3 is 29.2 Å². The lowest BCUT2D eigenvalue weighted by Crippen LogP contribution is -2.28. The second kappa shape index (κ2) is 14.9. The number of aliphatic hydroxyl groups is 2. The van der Waals surface area contributed by atoms with E-state index < -0.39 is 17.6 Å². The molecule has 0 radical (unpaired) electrons. The van der Waals surface area contributed by atoms with Crippen molar-refractivity contribution in [2.75, 3.05) is 26.4 Å². The topological polar surface area (TPSA) is 77.4 Å². The first kappa shape index (κ1) is 34.7. The maximum absolute atomic E-state index is 9.54. The van der Waals surface area contributed by atoms with Crippen LogP contribution in [0.5, 0.6) is 11.5 Å². The van der Waals surface area contributed by atoms with Gasteiger partial charge in [0.2, 0.25) is 0 Å². The van der Waals surface area contributed by atoms with E-state index in [1.165, 1.54) is 33.4 Å². The van der Waals surface area contributed by atoms with Crippen LogP contribution in [0.3, 0.4) is 0 Å². The second-order valence-electron chi connectivity index (χ2n) is 13.9. The van der Waals surface area contributed by atoms with Crippen molar-refractivity contribution in [1.29, 1.82) is 0 Å². The Balaban J connectivity index is 1.26. The first-order chi connectivity index (χ1) is 24.7. The van der Waals surface area contributed by atoms with Gasteiger partial charge in [-0.25, -0.2) is 0 Å². The Labute approximate surface area is 300 Å². The minimum absolute atomic E-state index is 0.134. The Hall–Kier alpha value is -4.72. The van der Waals surface area contributed by atoms with E-state index in [1.807, 2.05) is 26.0 Å². The summed E-state index contributed by atoms with van der Waals surface area (Å²) < 4.78 is 23.5. The third-order valence-electron chi connectivity index (χ3n) is 9.66. The fraction of sp³-hybridized carbons (Fsp3) is 0.289. The Morgan fingerprint density at radius 3 is 1.29 bits per heavy atom. The van der Waals surface area contributed by atoms with E-state index in [4.69, 9.17) is 18.9 Å². The van der Waals surface area contributed by atoms with Gasteiger partial charge >= 0.3 is 0 Å². The van der Waals surface area contributed by atoms with Crippen molar-refractivity contribution in [2.45, 2.75) is 57.5 Å². The molecular formula is C45H46O6. The molecule has 262 valence electrons. The zero-order valence-electron chi connectivity index (χ0n) is 29.7. The van der Waals surface area contributed by atoms with E-state index in [0.29, 0.717) is 13.2 Å². The number of ether oxygens (including phenoxy) is 4. The lowest BCUT2D eigenvalue weighted by molar-refractivity contribution is -0.0132. The summed E-state index contributed by atoms with van der Waals surface area (Å²) in [7, 11) is 0. The lowest BCUT2D eigenvalue weighted by atomic mass is 9.67. The molecule has 0 saturated carbocycles. The molecule has 6 heteroatoms. The van der Waals surface area contributed by atoms with Gasteiger partial charge in [0.25, 0.3) is 0 Å². The molecule has 6 aromatic carbocycles. The molecular weight excluding hydrogens is 636 g/mol. The third kappa shape index (κ3) is 7.10. The van der Waals surface area contributed by atoms with Gasteiger partial charge in [0, 0.05) is 0 Å². The van der Waals surface area contributed by atoms with Crippen LogP contribution < -0.4 is 9.47 Å². The smallest absolute Gasteiger partial charge is 0.120 e. The standard InChI is InChI=1S/C45H46O6/c1-29(46)25-48-31(3)27-50-39-19-15-33-21-37(17-13-35(33)23-39)45(43-11-7-5-9-41(43)42-10-6-8-12-44(42)45)38-18-14-36-24-40(20-16-34(36)22-38)51-28-32(4)49-26-30(2)47/h5-24,29-32,46-47H,25-28H2,1-4H3. The summed E-state index contributed by atoms with van der Waals surface area (Å²) in [4.78, 5) is 0. The van der Waals surface area contributed by atoms with Crippen LogP contribution in [-0.4, -0.2) is 61.1 Å². The highest BCUT2D eigenvalue weighted by atomic mass is 16.5. The van der Waals surface area contributed by atoms with Crippen LogP contribution in [0.25, 0.3) is 32.7 Å². The molecule has 51 heavy (non-hydrogen) atoms. The summed E-state index contributed by atoms with van der Waals surface area (Å²) in [6.07, 6.45) is -1.28. The number of aliphatic hydroxyl groups excluding tert-OH is 2. The molecule has 4 unspecified atom stereocenters. The fourth-order valence-corrected chi connectivity index (χ4v) is 7.25. The van der Waals surface area contributed by atoms with Crippen molar-refractivity contribution < 1.29 is 29.2 Å². The van der Waals surface area contributed by atoms with Crippen LogP contribution in [-0.2, 0) is 14.9 Å². The van der Waals surface area contributed by atoms with E-state index in [9.17, 15) is 10.2 Å². The van der Waals surface area contributed by atoms with E-state index in [0.717, 1.165) is 33.0 Å². The van der Waals surface area contributed by atoms with Gasteiger partial charge in [0.15, 0.2) is 0 Å². The fourth-order valence-electron chi connectivity index (χ4n) is 7.25. The molecule has 0 aliphatic heterocycles. The molecule has 0 fully saturated rings. The zero-order chi connectivity index (χ0) is 35.5. The minimum atomic E-state index is -0.535. The minimum Gasteiger partial charge on any atom is -0.491 e. The van der Waals surface area contributed by atoms with Crippen molar-refractivity contribution in [3.8, 4) is 22.6 Å². The number of rotatable bonds is 14. The average Bonchev–Trinajstić information content (AvgIpc) is 3.45. The zero-order valence-corrected chi connectivity index (χ0v) is 29.7. The quantitative estimate of drug-likeness (QED) is 0.120. The Morgan fingerprint density at radius 2 is 0.863 bits per heavy atom. The summed E-state index contributed by atoms with van der Waals surface area (Å²) in [6, 6.07) is 43.6. The average molecular weight is 683 g/mol. The Kier molecular flexibility index (Phi) is 10.1. The monoisotopic (exact) mass is 682 g/mol. The van der Waals surface area contributed by atoms with Crippen molar-refractivity contribution in [2.24, 2.45) is 0 Å². The number of hydrogen-bond donors (Lipinski definition) is 2. The highest BCUT2D eigenvalue weighted by Gasteiger charge is 2.46. The Morgan fingerprint density at radius 1 is 0.471 bits per heavy atom. The molecule has 0 spiro atoms. The van der Waals surface area contributed by atoms with Crippen LogP contribution >= 0.6 is 0 Å². The molecule has 6 nitrogen and oxygen atoms in total. The summed E-state index contributed by atoms with van der Waals surface area (Å²) >= 11 is 0. The number of hydrogen-bond acceptors (Lipinski definition) is 6. The molecule has 1 aliphatic rings. The summed E-state index contributed by atoms with van der Waals surface area (Å²) in [5.41, 5.74) is 6.90. The summed E-state index contributed by atoms with van der Waals surface area (Å²) in [5.74, 6) is 1.57. The van der Waals surface area contributed by atoms with Crippen LogP contribution in [0, 0.1) is 0 Å². The van der Waals surface area contributed by atoms with Gasteiger partial charge in [0.05, 0.1) is 43.0 Å². The highest BCUT2D eigenvalue weighted by Crippen LogP contribution is 2.56. The van der Waals surface area contributed by atoms with Crippen LogP contribution in [0.2, 0.25) is 0 Å². The molecule has 1 aliphatic carbocycles. The van der Waals surface area contributed by atoms with E-state index in [-0.39, 0.29) is 25.4 Å². The predicted molar refractivity (Wildman–Crippen MR) is 204 cm³/mol. The molecule has 0 aromatic heterocycles. The van der Waals surface area contributed by atoms with Crippen molar-refractivity contribution in [3.05, 3.63) is 144 Å². The first-order valence-electron chi connectivity index (χ1n) is 17.8. The van der Waals surface area contributed by atoms with Crippen LogP contribution in [0.4, 0.5) is 0 Å². The Bertz CT molecular complexity index is 1980. The van der Waals surface area contributed by atoms with Gasteiger partial charge in [0.1, 0.15) is 24.7 Å². The number of benzene rings is 6. The molecule has 0 bridgehead atoms. The van der Waals surface area contributed by atoms with Crippen molar-refractivity contribution in [3.63, 3.8) is 0 Å². The van der Waals surface area contributed by atoms with Gasteiger partial charge in [-0.3, -0.25) is 0 Å². The summed E-state index contributed by atoms with van der Waals surface area (Å²) in [5, 5.41) is 23.5. The van der Waals surface area contributed by atoms with Gasteiger partial charge in [-0.1, -0.05) is 84.9 Å². The van der Waals surface area contributed by atoms with Gasteiger partial charge in [-0.2, -0.15) is 0 Å². The molecule has 4 atom stereocenters. The number of fused-ring (bicyclic) bond motifs is 5.